The Morgan fingerprint density at radius 1 is 1.24 bits per heavy atom. The third kappa shape index (κ3) is 4.31. The summed E-state index contributed by atoms with van der Waals surface area (Å²) >= 11 is 0. The van der Waals surface area contributed by atoms with Crippen molar-refractivity contribution in [1.29, 1.82) is 0 Å². The number of nitrogens with zero attached hydrogens (tertiary/aromatic N) is 1. The number of carboxylic acids is 1. The minimum Gasteiger partial charge on any atom is -0.484 e. The van der Waals surface area contributed by atoms with Crippen LogP contribution in [-0.2, 0) is 4.79 Å². The standard InChI is InChI=1S/C15H14N2O4/c1-10-2-4-13(5-3-10)21-9-14(18)17-12-6-11(15(19)20)7-16-8-12/h2-8H,9H2,1H3,(H,17,18)(H,19,20). The van der Waals surface area contributed by atoms with E-state index in [4.69, 9.17) is 9.84 Å². The van der Waals surface area contributed by atoms with Gasteiger partial charge in [0.2, 0.25) is 0 Å². The Bertz CT molecular complexity index is 653. The molecule has 0 aliphatic carbocycles. The van der Waals surface area contributed by atoms with Crippen LogP contribution in [-0.4, -0.2) is 28.6 Å². The number of pyridine rings is 1. The maximum atomic E-state index is 11.7. The van der Waals surface area contributed by atoms with E-state index in [1.807, 2.05) is 19.1 Å². The second-order valence-corrected chi connectivity index (χ2v) is 4.42. The predicted molar refractivity (Wildman–Crippen MR) is 76.5 cm³/mol. The molecule has 0 aliphatic rings. The first-order valence-corrected chi connectivity index (χ1v) is 6.22. The van der Waals surface area contributed by atoms with E-state index < -0.39 is 5.97 Å². The van der Waals surface area contributed by atoms with Gasteiger partial charge in [0, 0.05) is 6.20 Å². The molecule has 0 aliphatic heterocycles. The molecule has 0 saturated heterocycles. The third-order valence-electron chi connectivity index (χ3n) is 2.66. The van der Waals surface area contributed by atoms with Gasteiger partial charge in [0.1, 0.15) is 5.75 Å². The highest BCUT2D eigenvalue weighted by atomic mass is 16.5. The Morgan fingerprint density at radius 2 is 1.95 bits per heavy atom. The minimum atomic E-state index is -1.10. The predicted octanol–water partition coefficient (Wildman–Crippen LogP) is 2.11. The molecule has 1 heterocycles. The van der Waals surface area contributed by atoms with E-state index in [-0.39, 0.29) is 18.1 Å². The van der Waals surface area contributed by atoms with Gasteiger partial charge in [-0.1, -0.05) is 17.7 Å². The molecule has 0 bridgehead atoms. The molecule has 0 fully saturated rings. The molecular weight excluding hydrogens is 272 g/mol. The normalized spacial score (nSPS) is 9.95. The number of rotatable bonds is 5. The first kappa shape index (κ1) is 14.5. The van der Waals surface area contributed by atoms with Gasteiger partial charge in [-0.25, -0.2) is 4.79 Å². The molecule has 1 aromatic carbocycles. The first-order chi connectivity index (χ1) is 10.0. The Balaban J connectivity index is 1.91. The van der Waals surface area contributed by atoms with Crippen molar-refractivity contribution in [2.45, 2.75) is 6.92 Å². The zero-order chi connectivity index (χ0) is 15.2. The number of aromatic carboxylic acids is 1. The fourth-order valence-corrected chi connectivity index (χ4v) is 1.61. The molecule has 0 atom stereocenters. The summed E-state index contributed by atoms with van der Waals surface area (Å²) in [6, 6.07) is 8.64. The lowest BCUT2D eigenvalue weighted by Crippen LogP contribution is -2.20. The fraction of sp³-hybridized carbons (Fsp3) is 0.133. The van der Waals surface area contributed by atoms with E-state index in [0.717, 1.165) is 5.56 Å². The number of amides is 1. The summed E-state index contributed by atoms with van der Waals surface area (Å²) in [5, 5.41) is 11.4. The van der Waals surface area contributed by atoms with Gasteiger partial charge in [-0.3, -0.25) is 9.78 Å². The van der Waals surface area contributed by atoms with Crippen LogP contribution in [0.2, 0.25) is 0 Å². The summed E-state index contributed by atoms with van der Waals surface area (Å²) in [6.45, 7) is 1.79. The van der Waals surface area contributed by atoms with Crippen molar-refractivity contribution in [1.82, 2.24) is 4.98 Å². The van der Waals surface area contributed by atoms with Crippen molar-refractivity contribution in [3.8, 4) is 5.75 Å². The highest BCUT2D eigenvalue weighted by molar-refractivity contribution is 5.94. The van der Waals surface area contributed by atoms with E-state index in [2.05, 4.69) is 10.3 Å². The Kier molecular flexibility index (Phi) is 4.50. The molecule has 0 spiro atoms. The number of hydrogen-bond donors (Lipinski definition) is 2. The van der Waals surface area contributed by atoms with Crippen molar-refractivity contribution in [2.24, 2.45) is 0 Å². The highest BCUT2D eigenvalue weighted by Crippen LogP contribution is 2.12. The van der Waals surface area contributed by atoms with Crippen LogP contribution in [0.25, 0.3) is 0 Å². The molecular formula is C15H14N2O4. The average Bonchev–Trinajstić information content (AvgIpc) is 2.47. The topological polar surface area (TPSA) is 88.5 Å². The number of aryl methyl sites for hydroxylation is 1. The lowest BCUT2D eigenvalue weighted by Gasteiger charge is -2.08. The quantitative estimate of drug-likeness (QED) is 0.878. The zero-order valence-corrected chi connectivity index (χ0v) is 11.4. The number of carbonyl (C=O) groups is 2. The van der Waals surface area contributed by atoms with Crippen molar-refractivity contribution < 1.29 is 19.4 Å². The van der Waals surface area contributed by atoms with Gasteiger partial charge in [-0.15, -0.1) is 0 Å². The van der Waals surface area contributed by atoms with Crippen LogP contribution in [0.15, 0.2) is 42.7 Å². The molecule has 2 aromatic rings. The van der Waals surface area contributed by atoms with Gasteiger partial charge in [0.25, 0.3) is 5.91 Å². The summed E-state index contributed by atoms with van der Waals surface area (Å²) in [4.78, 5) is 26.3. The van der Waals surface area contributed by atoms with Crippen molar-refractivity contribution >= 4 is 17.6 Å². The summed E-state index contributed by atoms with van der Waals surface area (Å²) in [5.74, 6) is -0.900. The van der Waals surface area contributed by atoms with E-state index in [0.29, 0.717) is 11.4 Å². The van der Waals surface area contributed by atoms with Crippen LogP contribution in [0.4, 0.5) is 5.69 Å². The summed E-state index contributed by atoms with van der Waals surface area (Å²) in [6.07, 6.45) is 2.58. The van der Waals surface area contributed by atoms with Crippen LogP contribution in [0.1, 0.15) is 15.9 Å². The molecule has 21 heavy (non-hydrogen) atoms. The summed E-state index contributed by atoms with van der Waals surface area (Å²) in [7, 11) is 0. The summed E-state index contributed by atoms with van der Waals surface area (Å²) in [5.41, 5.74) is 1.42. The molecule has 2 N–H and O–H groups in total. The number of carbonyl (C=O) groups excluding carboxylic acids is 1. The van der Waals surface area contributed by atoms with Crippen LogP contribution in [0.5, 0.6) is 5.75 Å². The molecule has 0 saturated carbocycles. The monoisotopic (exact) mass is 286 g/mol. The van der Waals surface area contributed by atoms with Crippen molar-refractivity contribution in [3.63, 3.8) is 0 Å². The second kappa shape index (κ2) is 6.51. The Labute approximate surface area is 121 Å². The Hall–Kier alpha value is -2.89. The van der Waals surface area contributed by atoms with Gasteiger partial charge < -0.3 is 15.2 Å². The number of nitrogens with one attached hydrogen (secondary N) is 1. The zero-order valence-electron chi connectivity index (χ0n) is 11.4. The number of carboxylic acid groups (broad SMARTS) is 1. The molecule has 1 aromatic heterocycles. The van der Waals surface area contributed by atoms with Gasteiger partial charge >= 0.3 is 5.97 Å². The van der Waals surface area contributed by atoms with Crippen LogP contribution < -0.4 is 10.1 Å². The van der Waals surface area contributed by atoms with E-state index in [1.165, 1.54) is 18.5 Å². The van der Waals surface area contributed by atoms with Gasteiger partial charge in [0.15, 0.2) is 6.61 Å². The lowest BCUT2D eigenvalue weighted by atomic mass is 10.2. The fourth-order valence-electron chi connectivity index (χ4n) is 1.61. The molecule has 6 nitrogen and oxygen atoms in total. The molecule has 1 amide bonds. The number of aromatic nitrogens is 1. The second-order valence-electron chi connectivity index (χ2n) is 4.42. The molecule has 6 heteroatoms. The minimum absolute atomic E-state index is 0.00672. The number of hydrogen-bond acceptors (Lipinski definition) is 4. The van der Waals surface area contributed by atoms with Gasteiger partial charge in [-0.2, -0.15) is 0 Å². The third-order valence-corrected chi connectivity index (χ3v) is 2.66. The molecule has 0 unspecified atom stereocenters. The van der Waals surface area contributed by atoms with Crippen molar-refractivity contribution in [2.75, 3.05) is 11.9 Å². The smallest absolute Gasteiger partial charge is 0.337 e. The van der Waals surface area contributed by atoms with Gasteiger partial charge in [0.05, 0.1) is 17.4 Å². The van der Waals surface area contributed by atoms with Crippen molar-refractivity contribution in [3.05, 3.63) is 53.9 Å². The highest BCUT2D eigenvalue weighted by Gasteiger charge is 2.07. The molecule has 2 rings (SSSR count). The van der Waals surface area contributed by atoms with E-state index >= 15 is 0 Å². The van der Waals surface area contributed by atoms with E-state index in [1.54, 1.807) is 12.1 Å². The average molecular weight is 286 g/mol. The van der Waals surface area contributed by atoms with Gasteiger partial charge in [-0.05, 0) is 25.1 Å². The number of benzene rings is 1. The largest absolute Gasteiger partial charge is 0.484 e. The number of anilines is 1. The number of ether oxygens (including phenoxy) is 1. The van der Waals surface area contributed by atoms with E-state index in [9.17, 15) is 9.59 Å². The van der Waals surface area contributed by atoms with Crippen LogP contribution in [0.3, 0.4) is 0 Å². The Morgan fingerprint density at radius 3 is 2.62 bits per heavy atom. The summed E-state index contributed by atoms with van der Waals surface area (Å²) < 4.78 is 5.32. The maximum Gasteiger partial charge on any atom is 0.337 e. The maximum absolute atomic E-state index is 11.7. The van der Waals surface area contributed by atoms with Crippen LogP contribution in [0, 0.1) is 6.92 Å². The lowest BCUT2D eigenvalue weighted by molar-refractivity contribution is -0.118. The SMILES string of the molecule is Cc1ccc(OCC(=O)Nc2cncc(C(=O)O)c2)cc1. The van der Waals surface area contributed by atoms with Crippen LogP contribution >= 0.6 is 0 Å². The molecule has 0 radical (unpaired) electrons. The molecule has 108 valence electrons. The first-order valence-electron chi connectivity index (χ1n) is 6.22.